The molecule has 6 nitrogen and oxygen atoms in total. The molecule has 2 amide bonds. The summed E-state index contributed by atoms with van der Waals surface area (Å²) in [5, 5.41) is 2.35. The van der Waals surface area contributed by atoms with Crippen LogP contribution in [0.15, 0.2) is 18.3 Å². The lowest BCUT2D eigenvalue weighted by Gasteiger charge is -2.35. The third-order valence-electron chi connectivity index (χ3n) is 3.21. The van der Waals surface area contributed by atoms with Gasteiger partial charge < -0.3 is 10.6 Å². The van der Waals surface area contributed by atoms with Crippen LogP contribution in [0.4, 0.5) is 5.69 Å². The van der Waals surface area contributed by atoms with E-state index in [0.717, 1.165) is 11.4 Å². The molecule has 1 saturated heterocycles. The van der Waals surface area contributed by atoms with Gasteiger partial charge in [0.25, 0.3) is 0 Å². The molecule has 0 saturated carbocycles. The first-order valence-corrected chi connectivity index (χ1v) is 6.34. The molecule has 19 heavy (non-hydrogen) atoms. The van der Waals surface area contributed by atoms with Crippen molar-refractivity contribution < 1.29 is 9.59 Å². The van der Waals surface area contributed by atoms with Gasteiger partial charge in [0.05, 0.1) is 24.1 Å². The Hall–Kier alpha value is -1.95. The van der Waals surface area contributed by atoms with Gasteiger partial charge in [-0.15, -0.1) is 0 Å². The predicted octanol–water partition coefficient (Wildman–Crippen LogP) is 0.343. The van der Waals surface area contributed by atoms with Crippen LogP contribution >= 0.6 is 0 Å². The van der Waals surface area contributed by atoms with Crippen LogP contribution < -0.4 is 16.0 Å². The number of anilines is 1. The van der Waals surface area contributed by atoms with Crippen LogP contribution in [0.2, 0.25) is 0 Å². The summed E-state index contributed by atoms with van der Waals surface area (Å²) in [5.41, 5.74) is 7.29. The van der Waals surface area contributed by atoms with Crippen molar-refractivity contribution in [3.8, 4) is 0 Å². The van der Waals surface area contributed by atoms with Crippen LogP contribution in [-0.2, 0) is 9.59 Å². The van der Waals surface area contributed by atoms with E-state index in [-0.39, 0.29) is 30.4 Å². The topological polar surface area (TPSA) is 88.3 Å². The van der Waals surface area contributed by atoms with Gasteiger partial charge in [0, 0.05) is 6.04 Å². The van der Waals surface area contributed by atoms with E-state index in [0.29, 0.717) is 6.42 Å². The minimum Gasteiger partial charge on any atom is -0.349 e. The van der Waals surface area contributed by atoms with Gasteiger partial charge in [0.1, 0.15) is 6.04 Å². The monoisotopic (exact) mass is 262 g/mol. The molecule has 1 unspecified atom stereocenters. The Kier molecular flexibility index (Phi) is 3.80. The normalized spacial score (nSPS) is 21.2. The molecular formula is C13H18N4O2. The van der Waals surface area contributed by atoms with E-state index in [1.54, 1.807) is 11.1 Å². The van der Waals surface area contributed by atoms with E-state index in [1.807, 2.05) is 26.0 Å². The molecule has 0 spiro atoms. The Labute approximate surface area is 112 Å². The van der Waals surface area contributed by atoms with Crippen molar-refractivity contribution in [2.24, 2.45) is 5.73 Å². The molecule has 1 aromatic heterocycles. The van der Waals surface area contributed by atoms with Gasteiger partial charge in [-0.05, 0) is 25.5 Å². The van der Waals surface area contributed by atoms with Gasteiger partial charge >= 0.3 is 0 Å². The van der Waals surface area contributed by atoms with Gasteiger partial charge in [-0.25, -0.2) is 0 Å². The molecule has 0 aliphatic carbocycles. The van der Waals surface area contributed by atoms with Gasteiger partial charge in [-0.3, -0.25) is 19.9 Å². The molecule has 1 aliphatic rings. The standard InChI is InChI=1S/C13H18N4O2/c1-3-11-13(19)16-12(18)7-17(11)9-4-5-10(8(2)14)15-6-9/h4-6,8,11H,3,7,14H2,1-2H3,(H,16,18,19)/t8-,11?/m0/s1. The molecule has 2 rings (SSSR count). The van der Waals surface area contributed by atoms with Crippen LogP contribution in [0, 0.1) is 0 Å². The smallest absolute Gasteiger partial charge is 0.249 e. The number of hydrogen-bond acceptors (Lipinski definition) is 5. The average Bonchev–Trinajstić information content (AvgIpc) is 2.38. The fourth-order valence-corrected chi connectivity index (χ4v) is 2.18. The highest BCUT2D eigenvalue weighted by Gasteiger charge is 2.32. The summed E-state index contributed by atoms with van der Waals surface area (Å²) < 4.78 is 0. The maximum absolute atomic E-state index is 11.8. The first-order valence-electron chi connectivity index (χ1n) is 6.34. The number of nitrogens with one attached hydrogen (secondary N) is 1. The first kappa shape index (κ1) is 13.5. The number of rotatable bonds is 3. The van der Waals surface area contributed by atoms with E-state index < -0.39 is 0 Å². The van der Waals surface area contributed by atoms with Crippen molar-refractivity contribution >= 4 is 17.5 Å². The Morgan fingerprint density at radius 3 is 2.79 bits per heavy atom. The molecule has 2 atom stereocenters. The van der Waals surface area contributed by atoms with Crippen LogP contribution in [0.1, 0.15) is 32.0 Å². The number of amides is 2. The zero-order valence-corrected chi connectivity index (χ0v) is 11.1. The molecule has 3 N–H and O–H groups in total. The molecule has 0 aromatic carbocycles. The van der Waals surface area contributed by atoms with E-state index in [4.69, 9.17) is 5.73 Å². The molecule has 1 aromatic rings. The Morgan fingerprint density at radius 2 is 2.26 bits per heavy atom. The van der Waals surface area contributed by atoms with E-state index in [2.05, 4.69) is 10.3 Å². The van der Waals surface area contributed by atoms with E-state index in [1.165, 1.54) is 0 Å². The molecule has 0 bridgehead atoms. The van der Waals surface area contributed by atoms with Crippen molar-refractivity contribution in [3.63, 3.8) is 0 Å². The first-order chi connectivity index (χ1) is 9.02. The SMILES string of the molecule is CCC1C(=O)NC(=O)CN1c1ccc([C@H](C)N)nc1. The minimum absolute atomic E-state index is 0.137. The van der Waals surface area contributed by atoms with Gasteiger partial charge in [0.15, 0.2) is 0 Å². The van der Waals surface area contributed by atoms with Crippen molar-refractivity contribution in [2.45, 2.75) is 32.4 Å². The lowest BCUT2D eigenvalue weighted by Crippen LogP contribution is -2.58. The van der Waals surface area contributed by atoms with Crippen LogP contribution in [0.5, 0.6) is 0 Å². The zero-order chi connectivity index (χ0) is 14.0. The molecule has 2 heterocycles. The quantitative estimate of drug-likeness (QED) is 0.767. The molecule has 1 fully saturated rings. The Balaban J connectivity index is 2.27. The second-order valence-corrected chi connectivity index (χ2v) is 4.69. The number of hydrogen-bond donors (Lipinski definition) is 2. The second kappa shape index (κ2) is 5.36. The number of nitrogens with zero attached hydrogens (tertiary/aromatic N) is 2. The van der Waals surface area contributed by atoms with Gasteiger partial charge in [-0.1, -0.05) is 6.92 Å². The summed E-state index contributed by atoms with van der Waals surface area (Å²) >= 11 is 0. The largest absolute Gasteiger partial charge is 0.349 e. The van der Waals surface area contributed by atoms with Crippen molar-refractivity contribution in [3.05, 3.63) is 24.0 Å². The summed E-state index contributed by atoms with van der Waals surface area (Å²) in [6.45, 7) is 3.94. The van der Waals surface area contributed by atoms with E-state index in [9.17, 15) is 9.59 Å². The molecule has 0 radical (unpaired) electrons. The number of carbonyl (C=O) groups excluding carboxylic acids is 2. The second-order valence-electron chi connectivity index (χ2n) is 4.69. The van der Waals surface area contributed by atoms with Crippen molar-refractivity contribution in [2.75, 3.05) is 11.4 Å². The Morgan fingerprint density at radius 1 is 1.53 bits per heavy atom. The predicted molar refractivity (Wildman–Crippen MR) is 71.4 cm³/mol. The molecule has 1 aliphatic heterocycles. The fourth-order valence-electron chi connectivity index (χ4n) is 2.18. The number of nitrogens with two attached hydrogens (primary N) is 1. The van der Waals surface area contributed by atoms with Crippen molar-refractivity contribution in [1.82, 2.24) is 10.3 Å². The highest BCUT2D eigenvalue weighted by atomic mass is 16.2. The number of carbonyl (C=O) groups is 2. The van der Waals surface area contributed by atoms with Crippen LogP contribution in [0.25, 0.3) is 0 Å². The average molecular weight is 262 g/mol. The summed E-state index contributed by atoms with van der Waals surface area (Å²) in [7, 11) is 0. The number of aromatic nitrogens is 1. The Bertz CT molecular complexity index is 484. The summed E-state index contributed by atoms with van der Waals surface area (Å²) in [4.78, 5) is 29.3. The van der Waals surface area contributed by atoms with E-state index >= 15 is 0 Å². The highest BCUT2D eigenvalue weighted by molar-refractivity contribution is 6.04. The van der Waals surface area contributed by atoms with Crippen LogP contribution in [0.3, 0.4) is 0 Å². The molecular weight excluding hydrogens is 244 g/mol. The number of pyridine rings is 1. The lowest BCUT2D eigenvalue weighted by atomic mass is 10.1. The maximum Gasteiger partial charge on any atom is 0.249 e. The van der Waals surface area contributed by atoms with Gasteiger partial charge in [-0.2, -0.15) is 0 Å². The summed E-state index contributed by atoms with van der Waals surface area (Å²) in [5.74, 6) is -0.541. The summed E-state index contributed by atoms with van der Waals surface area (Å²) in [6, 6.07) is 3.20. The fraction of sp³-hybridized carbons (Fsp3) is 0.462. The summed E-state index contributed by atoms with van der Waals surface area (Å²) in [6.07, 6.45) is 2.29. The molecule has 102 valence electrons. The minimum atomic E-state index is -0.333. The highest BCUT2D eigenvalue weighted by Crippen LogP contribution is 2.21. The van der Waals surface area contributed by atoms with Gasteiger partial charge in [0.2, 0.25) is 11.8 Å². The third kappa shape index (κ3) is 2.73. The van der Waals surface area contributed by atoms with Crippen LogP contribution in [-0.4, -0.2) is 29.4 Å². The maximum atomic E-state index is 11.8. The number of piperazine rings is 1. The molecule has 6 heteroatoms. The lowest BCUT2D eigenvalue weighted by molar-refractivity contribution is -0.132. The number of imide groups is 1. The zero-order valence-electron chi connectivity index (χ0n) is 11.1. The third-order valence-corrected chi connectivity index (χ3v) is 3.21. The van der Waals surface area contributed by atoms with Crippen molar-refractivity contribution in [1.29, 1.82) is 0 Å².